The summed E-state index contributed by atoms with van der Waals surface area (Å²) in [7, 11) is 0. The Morgan fingerprint density at radius 2 is 1.89 bits per heavy atom. The number of anilines is 1. The Bertz CT molecular complexity index is 647. The second-order valence-electron chi connectivity index (χ2n) is 3.77. The van der Waals surface area contributed by atoms with Crippen LogP contribution in [-0.2, 0) is 0 Å². The zero-order valence-corrected chi connectivity index (χ0v) is 11.8. The lowest BCUT2D eigenvalue weighted by Gasteiger charge is -2.11. The zero-order valence-electron chi connectivity index (χ0n) is 9.69. The molecule has 0 fully saturated rings. The van der Waals surface area contributed by atoms with Gasteiger partial charge >= 0.3 is 0 Å². The SMILES string of the molecule is NC(=O)c1ccccc1Oc1cc(F)c(I)cc1N. The zero-order chi connectivity index (χ0) is 14.0. The van der Waals surface area contributed by atoms with Gasteiger partial charge in [0.15, 0.2) is 5.75 Å². The van der Waals surface area contributed by atoms with Gasteiger partial charge in [-0.3, -0.25) is 4.79 Å². The summed E-state index contributed by atoms with van der Waals surface area (Å²) in [5.74, 6) is -0.685. The Labute approximate surface area is 122 Å². The minimum Gasteiger partial charge on any atom is -0.454 e. The first-order valence-corrected chi connectivity index (χ1v) is 6.38. The smallest absolute Gasteiger partial charge is 0.252 e. The van der Waals surface area contributed by atoms with Crippen molar-refractivity contribution in [3.63, 3.8) is 0 Å². The Morgan fingerprint density at radius 3 is 2.58 bits per heavy atom. The van der Waals surface area contributed by atoms with Crippen molar-refractivity contribution in [2.45, 2.75) is 0 Å². The highest BCUT2D eigenvalue weighted by Gasteiger charge is 2.12. The first-order valence-electron chi connectivity index (χ1n) is 5.30. The van der Waals surface area contributed by atoms with E-state index in [0.29, 0.717) is 3.57 Å². The molecule has 19 heavy (non-hydrogen) atoms. The van der Waals surface area contributed by atoms with E-state index in [1.54, 1.807) is 18.2 Å². The molecule has 0 saturated carbocycles. The van der Waals surface area contributed by atoms with Gasteiger partial charge in [-0.1, -0.05) is 12.1 Å². The third-order valence-corrected chi connectivity index (χ3v) is 3.25. The van der Waals surface area contributed by atoms with E-state index in [0.717, 1.165) is 0 Å². The molecule has 0 bridgehead atoms. The van der Waals surface area contributed by atoms with Crippen LogP contribution < -0.4 is 16.2 Å². The summed E-state index contributed by atoms with van der Waals surface area (Å²) in [5.41, 5.74) is 11.5. The van der Waals surface area contributed by atoms with Crippen molar-refractivity contribution in [3.05, 3.63) is 51.3 Å². The quantitative estimate of drug-likeness (QED) is 0.643. The average molecular weight is 372 g/mol. The number of hydrogen-bond acceptors (Lipinski definition) is 3. The van der Waals surface area contributed by atoms with Gasteiger partial charge in [-0.15, -0.1) is 0 Å². The lowest BCUT2D eigenvalue weighted by Crippen LogP contribution is -2.12. The van der Waals surface area contributed by atoms with E-state index in [-0.39, 0.29) is 22.7 Å². The van der Waals surface area contributed by atoms with Crippen LogP contribution >= 0.6 is 22.6 Å². The summed E-state index contributed by atoms with van der Waals surface area (Å²) in [6, 6.07) is 9.06. The largest absolute Gasteiger partial charge is 0.454 e. The number of carbonyl (C=O) groups excluding carboxylic acids is 1. The van der Waals surface area contributed by atoms with Gasteiger partial charge in [-0.05, 0) is 40.8 Å². The van der Waals surface area contributed by atoms with E-state index < -0.39 is 11.7 Å². The van der Waals surface area contributed by atoms with Crippen LogP contribution in [-0.4, -0.2) is 5.91 Å². The Morgan fingerprint density at radius 1 is 1.21 bits per heavy atom. The molecule has 0 aliphatic heterocycles. The Balaban J connectivity index is 2.42. The molecule has 0 aliphatic carbocycles. The van der Waals surface area contributed by atoms with Gasteiger partial charge in [0.05, 0.1) is 14.8 Å². The van der Waals surface area contributed by atoms with Gasteiger partial charge in [0.1, 0.15) is 11.6 Å². The molecule has 2 aromatic rings. The minimum absolute atomic E-state index is 0.145. The molecular formula is C13H10FIN2O2. The standard InChI is InChI=1S/C13H10FIN2O2/c14-8-5-12(10(16)6-9(8)15)19-11-4-2-1-3-7(11)13(17)18/h1-6H,16H2,(H2,17,18). The van der Waals surface area contributed by atoms with Gasteiger partial charge in [-0.25, -0.2) is 4.39 Å². The van der Waals surface area contributed by atoms with Gasteiger partial charge in [-0.2, -0.15) is 0 Å². The molecule has 4 nitrogen and oxygen atoms in total. The summed E-state index contributed by atoms with van der Waals surface area (Å²) in [6.45, 7) is 0. The summed E-state index contributed by atoms with van der Waals surface area (Å²) < 4.78 is 19.3. The average Bonchev–Trinajstić information content (AvgIpc) is 2.36. The van der Waals surface area contributed by atoms with E-state index in [9.17, 15) is 9.18 Å². The third-order valence-electron chi connectivity index (χ3n) is 2.43. The van der Waals surface area contributed by atoms with Crippen molar-refractivity contribution in [1.29, 1.82) is 0 Å². The molecule has 0 spiro atoms. The summed E-state index contributed by atoms with van der Waals surface area (Å²) in [6.07, 6.45) is 0. The van der Waals surface area contributed by atoms with Gasteiger partial charge < -0.3 is 16.2 Å². The topological polar surface area (TPSA) is 78.3 Å². The normalized spacial score (nSPS) is 10.2. The highest BCUT2D eigenvalue weighted by atomic mass is 127. The molecule has 0 unspecified atom stereocenters. The molecule has 0 saturated heterocycles. The number of amides is 1. The lowest BCUT2D eigenvalue weighted by atomic mass is 10.2. The van der Waals surface area contributed by atoms with E-state index in [1.807, 2.05) is 22.6 Å². The van der Waals surface area contributed by atoms with Crippen molar-refractivity contribution >= 4 is 34.2 Å². The fourth-order valence-corrected chi connectivity index (χ4v) is 2.00. The number of carbonyl (C=O) groups is 1. The maximum Gasteiger partial charge on any atom is 0.252 e. The van der Waals surface area contributed by atoms with E-state index in [4.69, 9.17) is 16.2 Å². The molecular weight excluding hydrogens is 362 g/mol. The fourth-order valence-electron chi connectivity index (χ4n) is 1.51. The molecule has 4 N–H and O–H groups in total. The Kier molecular flexibility index (Phi) is 3.89. The number of halogens is 2. The van der Waals surface area contributed by atoms with Crippen molar-refractivity contribution in [2.75, 3.05) is 5.73 Å². The predicted molar refractivity (Wildman–Crippen MR) is 78.6 cm³/mol. The molecule has 98 valence electrons. The van der Waals surface area contributed by atoms with E-state index in [2.05, 4.69) is 0 Å². The van der Waals surface area contributed by atoms with Crippen LogP contribution in [0.1, 0.15) is 10.4 Å². The number of nitrogen functional groups attached to an aromatic ring is 1. The summed E-state index contributed by atoms with van der Waals surface area (Å²) >= 11 is 1.83. The third kappa shape index (κ3) is 2.95. The molecule has 6 heteroatoms. The van der Waals surface area contributed by atoms with Crippen LogP contribution in [0, 0.1) is 9.39 Å². The molecule has 0 atom stereocenters. The minimum atomic E-state index is -0.625. The van der Waals surface area contributed by atoms with Gasteiger partial charge in [0.2, 0.25) is 0 Å². The highest BCUT2D eigenvalue weighted by molar-refractivity contribution is 14.1. The second kappa shape index (κ2) is 5.43. The number of rotatable bonds is 3. The maximum absolute atomic E-state index is 13.5. The molecule has 1 amide bonds. The first kappa shape index (κ1) is 13.6. The monoisotopic (exact) mass is 372 g/mol. The summed E-state index contributed by atoms with van der Waals surface area (Å²) in [4.78, 5) is 11.3. The van der Waals surface area contributed by atoms with Crippen LogP contribution in [0.3, 0.4) is 0 Å². The van der Waals surface area contributed by atoms with Crippen LogP contribution in [0.2, 0.25) is 0 Å². The molecule has 0 aliphatic rings. The Hall–Kier alpha value is -1.83. The van der Waals surface area contributed by atoms with Crippen molar-refractivity contribution in [1.82, 2.24) is 0 Å². The first-order chi connectivity index (χ1) is 8.99. The number of nitrogens with two attached hydrogens (primary N) is 2. The van der Waals surface area contributed by atoms with Gasteiger partial charge in [0.25, 0.3) is 5.91 Å². The predicted octanol–water partition coefficient (Wildman–Crippen LogP) is 2.90. The number of benzene rings is 2. The van der Waals surface area contributed by atoms with Crippen LogP contribution in [0.25, 0.3) is 0 Å². The maximum atomic E-state index is 13.5. The highest BCUT2D eigenvalue weighted by Crippen LogP contribution is 2.32. The van der Waals surface area contributed by atoms with Crippen LogP contribution in [0.4, 0.5) is 10.1 Å². The number of para-hydroxylation sites is 1. The number of primary amides is 1. The molecule has 2 rings (SSSR count). The number of hydrogen-bond donors (Lipinski definition) is 2. The summed E-state index contributed by atoms with van der Waals surface area (Å²) in [5, 5.41) is 0. The van der Waals surface area contributed by atoms with Crippen molar-refractivity contribution in [2.24, 2.45) is 5.73 Å². The molecule has 0 aromatic heterocycles. The van der Waals surface area contributed by atoms with Crippen LogP contribution in [0.5, 0.6) is 11.5 Å². The molecule has 2 aromatic carbocycles. The van der Waals surface area contributed by atoms with Crippen molar-refractivity contribution in [3.8, 4) is 11.5 Å². The number of ether oxygens (including phenoxy) is 1. The fraction of sp³-hybridized carbons (Fsp3) is 0. The van der Waals surface area contributed by atoms with Crippen molar-refractivity contribution < 1.29 is 13.9 Å². The second-order valence-corrected chi connectivity index (χ2v) is 4.93. The van der Waals surface area contributed by atoms with Crippen LogP contribution in [0.15, 0.2) is 36.4 Å². The molecule has 0 radical (unpaired) electrons. The van der Waals surface area contributed by atoms with E-state index in [1.165, 1.54) is 18.2 Å². The van der Waals surface area contributed by atoms with Gasteiger partial charge in [0, 0.05) is 6.07 Å². The van der Waals surface area contributed by atoms with E-state index >= 15 is 0 Å². The lowest BCUT2D eigenvalue weighted by molar-refractivity contribution is 0.0998. The molecule has 0 heterocycles.